The normalized spacial score (nSPS) is 22.3. The van der Waals surface area contributed by atoms with Crippen molar-refractivity contribution in [3.63, 3.8) is 0 Å². The van der Waals surface area contributed by atoms with E-state index in [1.807, 2.05) is 0 Å². The molecule has 110 valence electrons. The van der Waals surface area contributed by atoms with Crippen molar-refractivity contribution in [2.45, 2.75) is 51.6 Å². The summed E-state index contributed by atoms with van der Waals surface area (Å²) in [6, 6.07) is 9.25. The van der Waals surface area contributed by atoms with Gasteiger partial charge in [0.1, 0.15) is 0 Å². The van der Waals surface area contributed by atoms with Gasteiger partial charge in [-0.1, -0.05) is 42.7 Å². The van der Waals surface area contributed by atoms with E-state index in [1.54, 1.807) is 0 Å². The first kappa shape index (κ1) is 14.1. The van der Waals surface area contributed by atoms with Gasteiger partial charge in [-0.25, -0.2) is 0 Å². The SMILES string of the molecule is Cc1ccc(C(N2CCCCC2)N2CCCCC2)cc1. The van der Waals surface area contributed by atoms with Gasteiger partial charge in [0.05, 0.1) is 6.17 Å². The van der Waals surface area contributed by atoms with E-state index < -0.39 is 0 Å². The molecule has 0 unspecified atom stereocenters. The molecule has 0 amide bonds. The predicted molar refractivity (Wildman–Crippen MR) is 84.8 cm³/mol. The first-order valence-corrected chi connectivity index (χ1v) is 8.39. The summed E-state index contributed by atoms with van der Waals surface area (Å²) in [6.45, 7) is 7.27. The summed E-state index contributed by atoms with van der Waals surface area (Å²) in [5.74, 6) is 0. The molecular formula is C18H28N2. The Labute approximate surface area is 123 Å². The van der Waals surface area contributed by atoms with Crippen molar-refractivity contribution in [2.75, 3.05) is 26.2 Å². The van der Waals surface area contributed by atoms with Crippen LogP contribution in [0.2, 0.25) is 0 Å². The summed E-state index contributed by atoms with van der Waals surface area (Å²) in [5, 5.41) is 0. The number of rotatable bonds is 3. The van der Waals surface area contributed by atoms with E-state index in [2.05, 4.69) is 41.0 Å². The van der Waals surface area contributed by atoms with E-state index in [9.17, 15) is 0 Å². The van der Waals surface area contributed by atoms with Crippen LogP contribution in [-0.2, 0) is 0 Å². The minimum atomic E-state index is 0.524. The Morgan fingerprint density at radius 2 is 1.15 bits per heavy atom. The maximum atomic E-state index is 2.72. The molecule has 0 saturated carbocycles. The number of piperidine rings is 2. The van der Waals surface area contributed by atoms with Crippen molar-refractivity contribution in [3.05, 3.63) is 35.4 Å². The lowest BCUT2D eigenvalue weighted by atomic mass is 10.0. The number of hydrogen-bond acceptors (Lipinski definition) is 2. The van der Waals surface area contributed by atoms with Crippen LogP contribution in [0.15, 0.2) is 24.3 Å². The molecule has 20 heavy (non-hydrogen) atoms. The van der Waals surface area contributed by atoms with Crippen LogP contribution in [0.1, 0.15) is 55.8 Å². The van der Waals surface area contributed by atoms with Gasteiger partial charge >= 0.3 is 0 Å². The molecule has 0 spiro atoms. The third kappa shape index (κ3) is 3.24. The fourth-order valence-corrected chi connectivity index (χ4v) is 3.72. The topological polar surface area (TPSA) is 6.48 Å². The highest BCUT2D eigenvalue weighted by molar-refractivity contribution is 5.24. The van der Waals surface area contributed by atoms with Crippen LogP contribution in [-0.4, -0.2) is 36.0 Å². The number of benzene rings is 1. The predicted octanol–water partition coefficient (Wildman–Crippen LogP) is 3.97. The van der Waals surface area contributed by atoms with Gasteiger partial charge in [0.2, 0.25) is 0 Å². The monoisotopic (exact) mass is 272 g/mol. The Balaban J connectivity index is 1.83. The maximum absolute atomic E-state index is 2.72. The molecule has 2 heterocycles. The molecular weight excluding hydrogens is 244 g/mol. The highest BCUT2D eigenvalue weighted by Gasteiger charge is 2.28. The molecule has 0 aromatic heterocycles. The van der Waals surface area contributed by atoms with Crippen LogP contribution in [0.25, 0.3) is 0 Å². The van der Waals surface area contributed by atoms with Crippen molar-refractivity contribution in [3.8, 4) is 0 Å². The maximum Gasteiger partial charge on any atom is 0.0886 e. The van der Waals surface area contributed by atoms with Crippen LogP contribution in [0, 0.1) is 6.92 Å². The molecule has 3 rings (SSSR count). The Kier molecular flexibility index (Phi) is 4.74. The van der Waals surface area contributed by atoms with Gasteiger partial charge in [0.25, 0.3) is 0 Å². The van der Waals surface area contributed by atoms with Gasteiger partial charge in [-0.15, -0.1) is 0 Å². The Morgan fingerprint density at radius 1 is 0.700 bits per heavy atom. The zero-order chi connectivity index (χ0) is 13.8. The van der Waals surface area contributed by atoms with Crippen LogP contribution in [0.4, 0.5) is 0 Å². The van der Waals surface area contributed by atoms with Crippen LogP contribution in [0.5, 0.6) is 0 Å². The van der Waals surface area contributed by atoms with E-state index >= 15 is 0 Å². The standard InChI is InChI=1S/C18H28N2/c1-16-8-10-17(11-9-16)18(19-12-4-2-5-13-19)20-14-6-3-7-15-20/h8-11,18H,2-7,12-15H2,1H3. The van der Waals surface area contributed by atoms with Crippen molar-refractivity contribution in [1.29, 1.82) is 0 Å². The van der Waals surface area contributed by atoms with Gasteiger partial charge < -0.3 is 0 Å². The zero-order valence-corrected chi connectivity index (χ0v) is 12.9. The van der Waals surface area contributed by atoms with Gasteiger partial charge in [-0.2, -0.15) is 0 Å². The lowest BCUT2D eigenvalue weighted by Gasteiger charge is -2.43. The largest absolute Gasteiger partial charge is 0.284 e. The second kappa shape index (κ2) is 6.73. The first-order valence-electron chi connectivity index (χ1n) is 8.39. The van der Waals surface area contributed by atoms with Crippen molar-refractivity contribution in [1.82, 2.24) is 9.80 Å². The average Bonchev–Trinajstić information content (AvgIpc) is 2.52. The van der Waals surface area contributed by atoms with Crippen LogP contribution < -0.4 is 0 Å². The molecule has 2 aliphatic heterocycles. The van der Waals surface area contributed by atoms with Gasteiger partial charge in [-0.3, -0.25) is 9.80 Å². The second-order valence-corrected chi connectivity index (χ2v) is 6.48. The van der Waals surface area contributed by atoms with Crippen molar-refractivity contribution >= 4 is 0 Å². The quantitative estimate of drug-likeness (QED) is 0.821. The summed E-state index contributed by atoms with van der Waals surface area (Å²) in [5.41, 5.74) is 2.86. The molecule has 0 atom stereocenters. The van der Waals surface area contributed by atoms with Gasteiger partial charge in [-0.05, 0) is 64.3 Å². The van der Waals surface area contributed by atoms with Gasteiger partial charge in [0, 0.05) is 0 Å². The van der Waals surface area contributed by atoms with E-state index in [0.717, 1.165) is 0 Å². The molecule has 0 N–H and O–H groups in total. The third-order valence-corrected chi connectivity index (χ3v) is 4.85. The smallest absolute Gasteiger partial charge is 0.0886 e. The summed E-state index contributed by atoms with van der Waals surface area (Å²) in [7, 11) is 0. The Morgan fingerprint density at radius 3 is 1.60 bits per heavy atom. The van der Waals surface area contributed by atoms with E-state index in [0.29, 0.717) is 6.17 Å². The van der Waals surface area contributed by atoms with Crippen LogP contribution >= 0.6 is 0 Å². The number of aryl methyl sites for hydroxylation is 1. The van der Waals surface area contributed by atoms with Crippen molar-refractivity contribution < 1.29 is 0 Å². The highest BCUT2D eigenvalue weighted by Crippen LogP contribution is 2.30. The molecule has 2 aliphatic rings. The Bertz CT molecular complexity index is 382. The van der Waals surface area contributed by atoms with E-state index in [1.165, 1.54) is 75.8 Å². The fourth-order valence-electron chi connectivity index (χ4n) is 3.72. The average molecular weight is 272 g/mol. The fraction of sp³-hybridized carbons (Fsp3) is 0.667. The molecule has 1 aromatic rings. The van der Waals surface area contributed by atoms with E-state index in [4.69, 9.17) is 0 Å². The zero-order valence-electron chi connectivity index (χ0n) is 12.9. The first-order chi connectivity index (χ1) is 9.84. The molecule has 0 aliphatic carbocycles. The summed E-state index contributed by atoms with van der Waals surface area (Å²) >= 11 is 0. The third-order valence-electron chi connectivity index (χ3n) is 4.85. The molecule has 2 heteroatoms. The molecule has 2 fully saturated rings. The molecule has 0 bridgehead atoms. The molecule has 1 aromatic carbocycles. The second-order valence-electron chi connectivity index (χ2n) is 6.48. The molecule has 2 saturated heterocycles. The number of nitrogens with zero attached hydrogens (tertiary/aromatic N) is 2. The summed E-state index contributed by atoms with van der Waals surface area (Å²) in [4.78, 5) is 5.44. The molecule has 2 nitrogen and oxygen atoms in total. The summed E-state index contributed by atoms with van der Waals surface area (Å²) < 4.78 is 0. The highest BCUT2D eigenvalue weighted by atomic mass is 15.4. The Hall–Kier alpha value is -0.860. The van der Waals surface area contributed by atoms with Gasteiger partial charge in [0.15, 0.2) is 0 Å². The number of likely N-dealkylation sites (tertiary alicyclic amines) is 2. The lowest BCUT2D eigenvalue weighted by Crippen LogP contribution is -2.45. The number of hydrogen-bond donors (Lipinski definition) is 0. The van der Waals surface area contributed by atoms with Crippen LogP contribution in [0.3, 0.4) is 0 Å². The molecule has 0 radical (unpaired) electrons. The minimum absolute atomic E-state index is 0.524. The summed E-state index contributed by atoms with van der Waals surface area (Å²) in [6.07, 6.45) is 8.84. The van der Waals surface area contributed by atoms with E-state index in [-0.39, 0.29) is 0 Å². The lowest BCUT2D eigenvalue weighted by molar-refractivity contribution is 0.0156. The minimum Gasteiger partial charge on any atom is -0.284 e. The van der Waals surface area contributed by atoms with Crippen molar-refractivity contribution in [2.24, 2.45) is 0 Å².